The third-order valence-electron chi connectivity index (χ3n) is 28.1. The zero-order valence-corrected chi connectivity index (χ0v) is 82.1. The fourth-order valence-electron chi connectivity index (χ4n) is 19.0. The molecule has 0 fully saturated rings. The van der Waals surface area contributed by atoms with Crippen LogP contribution in [0.25, 0.3) is 32.3 Å². The summed E-state index contributed by atoms with van der Waals surface area (Å²) in [4.78, 5) is 0. The van der Waals surface area contributed by atoms with Crippen LogP contribution in [0.5, 0.6) is 5.75 Å². The van der Waals surface area contributed by atoms with Gasteiger partial charge in [0.05, 0.1) is 7.11 Å². The van der Waals surface area contributed by atoms with Crippen LogP contribution in [0.4, 0.5) is 0 Å². The first-order valence-electron chi connectivity index (χ1n) is 48.9. The third kappa shape index (κ3) is 27.6. The van der Waals surface area contributed by atoms with Crippen molar-refractivity contribution in [2.75, 3.05) is 7.11 Å². The molecule has 124 heavy (non-hydrogen) atoms. The summed E-state index contributed by atoms with van der Waals surface area (Å²) in [7, 11) is 1.72. The Morgan fingerprint density at radius 2 is 0.581 bits per heavy atom. The topological polar surface area (TPSA) is 9.23 Å². The summed E-state index contributed by atoms with van der Waals surface area (Å²) < 4.78 is 5.36. The minimum Gasteiger partial charge on any atom is -0.496 e. The lowest BCUT2D eigenvalue weighted by Crippen LogP contribution is -2.33. The molecule has 660 valence electrons. The van der Waals surface area contributed by atoms with Crippen LogP contribution in [0.15, 0.2) is 231 Å². The molecule has 0 radical (unpaired) electrons. The maximum atomic E-state index is 5.36. The Kier molecular flexibility index (Phi) is 36.2. The van der Waals surface area contributed by atoms with Gasteiger partial charge in [0.15, 0.2) is 0 Å². The van der Waals surface area contributed by atoms with Crippen LogP contribution >= 0.6 is 0 Å². The molecule has 12 aromatic carbocycles. The van der Waals surface area contributed by atoms with Gasteiger partial charge in [-0.2, -0.15) is 0 Å². The lowest BCUT2D eigenvalue weighted by atomic mass is 9.63. The van der Waals surface area contributed by atoms with E-state index in [1.165, 1.54) is 204 Å². The molecular weight excluding hydrogens is 1490 g/mol. The fourth-order valence-corrected chi connectivity index (χ4v) is 19.0. The minimum atomic E-state index is 0.343. The predicted molar refractivity (Wildman–Crippen MR) is 546 cm³/mol. The molecule has 0 N–H and O–H groups in total. The van der Waals surface area contributed by atoms with Crippen molar-refractivity contribution in [1.82, 2.24) is 0 Å². The first-order valence-corrected chi connectivity index (χ1v) is 48.9. The van der Waals surface area contributed by atoms with Gasteiger partial charge in [0, 0.05) is 5.39 Å². The second kappa shape index (κ2) is 46.1. The van der Waals surface area contributed by atoms with E-state index in [2.05, 4.69) is 385 Å². The molecule has 6 aliphatic rings. The highest BCUT2D eigenvalue weighted by molar-refractivity contribution is 5.89. The van der Waals surface area contributed by atoms with Crippen LogP contribution in [-0.2, 0) is 75.0 Å². The lowest BCUT2D eigenvalue weighted by Gasteiger charge is -2.42. The SMILES string of the molecule is CC(C)C1CCc2ccccc2C1.CC(C)C1Cc2ccccc2C1.CC(C)c1ccc2c(c1)C(C)(C)CCC2(C)C.CC(C)c1ccc2c(c1)CCC2.CC(C)c1ccc2c(c1)CCCC2.CC(C)c1ccc2c(c1)CCCCC2.COc1cccc2ccc(C(C)C)cc12.Cc1ccc2cc(C(C)C)ccc2c1.Cc1ccc2cc(C(C)C)ccc2c1. The second-order valence-electron chi connectivity index (χ2n) is 41.7. The van der Waals surface area contributed by atoms with Gasteiger partial charge in [-0.25, -0.2) is 0 Å². The van der Waals surface area contributed by atoms with Crippen molar-refractivity contribution in [2.24, 2.45) is 23.7 Å². The number of fused-ring (bicyclic) bond motifs is 9. The zero-order chi connectivity index (χ0) is 89.5. The smallest absolute Gasteiger partial charge is 0.126 e. The highest BCUT2D eigenvalue weighted by atomic mass is 16.5. The molecule has 0 saturated carbocycles. The van der Waals surface area contributed by atoms with Gasteiger partial charge in [0.2, 0.25) is 0 Å². The molecule has 1 nitrogen and oxygen atoms in total. The quantitative estimate of drug-likeness (QED) is 0.124. The molecule has 1 atom stereocenters. The van der Waals surface area contributed by atoms with E-state index in [1.54, 1.807) is 73.9 Å². The highest BCUT2D eigenvalue weighted by Crippen LogP contribution is 2.47. The Hall–Kier alpha value is -8.78. The average molecular weight is 1660 g/mol. The summed E-state index contributed by atoms with van der Waals surface area (Å²) in [5, 5.41) is 7.82. The van der Waals surface area contributed by atoms with Crippen molar-refractivity contribution in [3.63, 3.8) is 0 Å². The maximum absolute atomic E-state index is 5.36. The van der Waals surface area contributed by atoms with Gasteiger partial charge < -0.3 is 4.74 Å². The summed E-state index contributed by atoms with van der Waals surface area (Å²) in [6, 6.07) is 85.5. The molecule has 0 bridgehead atoms. The van der Waals surface area contributed by atoms with E-state index in [1.807, 2.05) is 12.1 Å². The van der Waals surface area contributed by atoms with Gasteiger partial charge in [-0.1, -0.05) is 388 Å². The molecule has 0 heterocycles. The van der Waals surface area contributed by atoms with E-state index in [0.29, 0.717) is 52.3 Å². The number of methoxy groups -OCH3 is 1. The van der Waals surface area contributed by atoms with Gasteiger partial charge >= 0.3 is 0 Å². The standard InChI is InChI=1S/C17H26.C14H16O.2C14H16.C14H20.2C13H18.2C12H16/c1-12(2)13-7-8-14-15(11-13)17(5,6)10-9-16(14,3)4;1-10(2)12-8-7-11-5-4-6-14(15-3)13(11)9-12;2*1-10(2)12-6-7-13-8-11(3)4-5-14(13)9-12;1-11(2)13-9-8-12-6-4-3-5-7-14(12)10-13;2*1-10(2)12-8-7-11-5-3-4-6-13(11)9-12;1-9(2)11-7-6-10-4-3-5-12(10)8-11;1-9(2)12-7-10-5-3-4-6-11(10)8-12/h7-8,11-12H,9-10H2,1-6H3;4-10H,1-3H3;2*4-10H,1-3H3;8-11H,3-7H2,1-2H3;7-10H,3-6H2,1-2H3;3-6,10,12H,7-9H2,1-2H3;6-9H,3-5H2,1-2H3;3-6,9,12H,7-8H2,1-2H3. The molecule has 12 aromatic rings. The number of hydrogen-bond donors (Lipinski definition) is 0. The largest absolute Gasteiger partial charge is 0.496 e. The summed E-state index contributed by atoms with van der Waals surface area (Å²) in [6.45, 7) is 54.7. The van der Waals surface area contributed by atoms with Crippen molar-refractivity contribution in [3.05, 3.63) is 347 Å². The fraction of sp³-hybridized carbons (Fsp3) is 0.463. The molecule has 0 saturated heterocycles. The number of aryl methyl sites for hydroxylation is 9. The van der Waals surface area contributed by atoms with E-state index in [-0.39, 0.29) is 0 Å². The molecule has 0 amide bonds. The van der Waals surface area contributed by atoms with Crippen molar-refractivity contribution in [1.29, 1.82) is 0 Å². The van der Waals surface area contributed by atoms with Crippen molar-refractivity contribution in [3.8, 4) is 5.75 Å². The number of benzene rings is 12. The molecule has 0 aromatic heterocycles. The van der Waals surface area contributed by atoms with E-state index in [0.717, 1.165) is 29.4 Å². The minimum absolute atomic E-state index is 0.343. The van der Waals surface area contributed by atoms with Crippen LogP contribution in [0, 0.1) is 37.5 Å². The van der Waals surface area contributed by atoms with E-state index >= 15 is 0 Å². The summed E-state index contributed by atoms with van der Waals surface area (Å²) in [6.07, 6.45) is 25.3. The molecule has 1 heteroatoms. The van der Waals surface area contributed by atoms with Crippen LogP contribution in [0.3, 0.4) is 0 Å². The van der Waals surface area contributed by atoms with Crippen molar-refractivity contribution >= 4 is 32.3 Å². The van der Waals surface area contributed by atoms with Gasteiger partial charge in [-0.3, -0.25) is 0 Å². The Labute approximate surface area is 756 Å². The maximum Gasteiger partial charge on any atom is 0.126 e. The Balaban J connectivity index is 0.000000146. The Morgan fingerprint density at radius 3 is 1.02 bits per heavy atom. The van der Waals surface area contributed by atoms with E-state index in [4.69, 9.17) is 4.74 Å². The number of rotatable bonds is 10. The molecule has 18 rings (SSSR count). The lowest BCUT2D eigenvalue weighted by molar-refractivity contribution is 0.331. The average Bonchev–Trinajstić information content (AvgIpc) is 0.878. The normalized spacial score (nSPS) is 15.7. The number of hydrogen-bond acceptors (Lipinski definition) is 1. The van der Waals surface area contributed by atoms with Crippen LogP contribution in [-0.4, -0.2) is 7.11 Å². The zero-order valence-electron chi connectivity index (χ0n) is 82.1. The van der Waals surface area contributed by atoms with E-state index in [9.17, 15) is 0 Å². The molecular formula is C123H162O. The first-order chi connectivity index (χ1) is 59.1. The Bertz CT molecular complexity index is 5230. The third-order valence-corrected chi connectivity index (χ3v) is 28.1. The summed E-state index contributed by atoms with van der Waals surface area (Å²) in [5.74, 6) is 8.85. The van der Waals surface area contributed by atoms with Crippen LogP contribution < -0.4 is 4.74 Å². The first kappa shape index (κ1) is 97.4. The number of ether oxygens (including phenoxy) is 1. The second-order valence-corrected chi connectivity index (χ2v) is 41.7. The molecule has 6 aliphatic carbocycles. The van der Waals surface area contributed by atoms with E-state index < -0.39 is 0 Å². The van der Waals surface area contributed by atoms with Crippen molar-refractivity contribution < 1.29 is 4.74 Å². The predicted octanol–water partition coefficient (Wildman–Crippen LogP) is 35.2. The molecule has 0 aliphatic heterocycles. The monoisotopic (exact) mass is 1660 g/mol. The summed E-state index contributed by atoms with van der Waals surface area (Å²) >= 11 is 0. The van der Waals surface area contributed by atoms with Gasteiger partial charge in [0.1, 0.15) is 5.75 Å². The van der Waals surface area contributed by atoms with Gasteiger partial charge in [-0.05, 0) is 350 Å². The molecule has 0 spiro atoms. The Morgan fingerprint density at radius 1 is 0.258 bits per heavy atom. The molecule has 1 unspecified atom stereocenters. The van der Waals surface area contributed by atoms with Crippen molar-refractivity contribution in [2.45, 2.75) is 340 Å². The van der Waals surface area contributed by atoms with Crippen LogP contribution in [0.1, 0.15) is 368 Å². The van der Waals surface area contributed by atoms with Crippen LogP contribution in [0.2, 0.25) is 0 Å². The highest BCUT2D eigenvalue weighted by Gasteiger charge is 2.37. The van der Waals surface area contributed by atoms with Gasteiger partial charge in [0.25, 0.3) is 0 Å². The van der Waals surface area contributed by atoms with Gasteiger partial charge in [-0.15, -0.1) is 0 Å². The summed E-state index contributed by atoms with van der Waals surface area (Å²) in [5.41, 5.74) is 32.6.